The smallest absolute Gasteiger partial charge is 0.264 e. The highest BCUT2D eigenvalue weighted by atomic mass is 32.2. The van der Waals surface area contributed by atoms with Crippen LogP contribution in [-0.2, 0) is 14.8 Å². The van der Waals surface area contributed by atoms with Crippen LogP contribution < -0.4 is 14.2 Å². The average Bonchev–Trinajstić information content (AvgIpc) is 2.69. The number of sulfonamides is 1. The van der Waals surface area contributed by atoms with Gasteiger partial charge in [0.25, 0.3) is 15.9 Å². The number of fused-ring (bicyclic) bond motifs is 1. The number of hydrogen-bond acceptors (Lipinski definition) is 6. The Morgan fingerprint density at radius 1 is 1.29 bits per heavy atom. The van der Waals surface area contributed by atoms with E-state index in [0.717, 1.165) is 12.5 Å². The van der Waals surface area contributed by atoms with Gasteiger partial charge in [-0.15, -0.1) is 11.8 Å². The number of rotatable bonds is 4. The highest BCUT2D eigenvalue weighted by Gasteiger charge is 2.20. The molecule has 0 aromatic heterocycles. The first-order valence-electron chi connectivity index (χ1n) is 6.19. The lowest BCUT2D eigenvalue weighted by Crippen LogP contribution is -2.28. The summed E-state index contributed by atoms with van der Waals surface area (Å²) in [5.74, 6) is 0.166. The van der Waals surface area contributed by atoms with Gasteiger partial charge >= 0.3 is 0 Å². The quantitative estimate of drug-likeness (QED) is 0.844. The molecule has 0 saturated heterocycles. The van der Waals surface area contributed by atoms with Crippen molar-refractivity contribution in [1.82, 2.24) is 4.72 Å². The molecule has 0 radical (unpaired) electrons. The third-order valence-electron chi connectivity index (χ3n) is 2.62. The molecule has 0 unspecified atom stereocenters. The predicted molar refractivity (Wildman–Crippen MR) is 80.0 cm³/mol. The van der Waals surface area contributed by atoms with Crippen molar-refractivity contribution < 1.29 is 22.7 Å². The molecule has 0 fully saturated rings. The Morgan fingerprint density at radius 3 is 2.71 bits per heavy atom. The second-order valence-corrected chi connectivity index (χ2v) is 6.59. The summed E-state index contributed by atoms with van der Waals surface area (Å²) in [6, 6.07) is 4.26. The zero-order chi connectivity index (χ0) is 15.3. The third-order valence-corrected chi connectivity index (χ3v) is 4.37. The summed E-state index contributed by atoms with van der Waals surface area (Å²) in [7, 11) is -3.93. The van der Waals surface area contributed by atoms with E-state index >= 15 is 0 Å². The molecule has 2 rings (SSSR count). The first-order chi connectivity index (χ1) is 10.0. The SMILES string of the molecule is CS/C=C/C(=O)NS(=O)(=O)c1ccc2c(c1)OCCCO2. The summed E-state index contributed by atoms with van der Waals surface area (Å²) in [5, 5.41) is 1.50. The van der Waals surface area contributed by atoms with Crippen LogP contribution >= 0.6 is 11.8 Å². The van der Waals surface area contributed by atoms with Crippen molar-refractivity contribution in [3.8, 4) is 11.5 Å². The fourth-order valence-electron chi connectivity index (χ4n) is 1.67. The highest BCUT2D eigenvalue weighted by Crippen LogP contribution is 2.31. The largest absolute Gasteiger partial charge is 0.490 e. The summed E-state index contributed by atoms with van der Waals surface area (Å²) in [6.45, 7) is 0.981. The molecule has 1 amide bonds. The summed E-state index contributed by atoms with van der Waals surface area (Å²) >= 11 is 1.30. The maximum Gasteiger partial charge on any atom is 0.264 e. The van der Waals surface area contributed by atoms with Crippen molar-refractivity contribution in [2.75, 3.05) is 19.5 Å². The fourth-order valence-corrected chi connectivity index (χ4v) is 2.89. The van der Waals surface area contributed by atoms with Gasteiger partial charge in [-0.1, -0.05) is 0 Å². The van der Waals surface area contributed by atoms with E-state index in [2.05, 4.69) is 0 Å². The van der Waals surface area contributed by atoms with E-state index in [9.17, 15) is 13.2 Å². The second-order valence-electron chi connectivity index (χ2n) is 4.17. The van der Waals surface area contributed by atoms with Gasteiger partial charge in [0.2, 0.25) is 0 Å². The number of ether oxygens (including phenoxy) is 2. The monoisotopic (exact) mass is 329 g/mol. The van der Waals surface area contributed by atoms with E-state index in [1.807, 2.05) is 4.72 Å². The summed E-state index contributed by atoms with van der Waals surface area (Å²) in [5.41, 5.74) is 0. The van der Waals surface area contributed by atoms with Gasteiger partial charge in [-0.25, -0.2) is 13.1 Å². The van der Waals surface area contributed by atoms with E-state index in [0.29, 0.717) is 24.7 Å². The number of benzene rings is 1. The number of carbonyl (C=O) groups excluding carboxylic acids is 1. The molecule has 1 aromatic rings. The van der Waals surface area contributed by atoms with Crippen LogP contribution in [-0.4, -0.2) is 33.8 Å². The van der Waals surface area contributed by atoms with Crippen LogP contribution in [0.2, 0.25) is 0 Å². The van der Waals surface area contributed by atoms with Gasteiger partial charge in [0.15, 0.2) is 11.5 Å². The maximum atomic E-state index is 12.1. The molecule has 0 saturated carbocycles. The Bertz CT molecular complexity index is 655. The van der Waals surface area contributed by atoms with Gasteiger partial charge in [-0.05, 0) is 23.8 Å². The van der Waals surface area contributed by atoms with Gasteiger partial charge in [0.05, 0.1) is 18.1 Å². The minimum absolute atomic E-state index is 0.0438. The molecule has 1 N–H and O–H groups in total. The average molecular weight is 329 g/mol. The molecule has 0 aliphatic carbocycles. The summed E-state index contributed by atoms with van der Waals surface area (Å²) in [6.07, 6.45) is 3.65. The standard InChI is InChI=1S/C13H15NO5S2/c1-20-8-5-13(15)14-21(16,17)10-3-4-11-12(9-10)19-7-2-6-18-11/h3-5,8-9H,2,6-7H2,1H3,(H,14,15)/b8-5+. The van der Waals surface area contributed by atoms with Crippen LogP contribution in [0.1, 0.15) is 6.42 Å². The van der Waals surface area contributed by atoms with Crippen LogP contribution in [0, 0.1) is 0 Å². The third kappa shape index (κ3) is 4.15. The van der Waals surface area contributed by atoms with E-state index in [4.69, 9.17) is 9.47 Å². The first-order valence-corrected chi connectivity index (χ1v) is 8.96. The zero-order valence-electron chi connectivity index (χ0n) is 11.4. The minimum atomic E-state index is -3.93. The molecule has 21 heavy (non-hydrogen) atoms. The van der Waals surface area contributed by atoms with Gasteiger partial charge in [0.1, 0.15) is 0 Å². The Morgan fingerprint density at radius 2 is 2.00 bits per heavy atom. The Kier molecular flexibility index (Phi) is 5.13. The van der Waals surface area contributed by atoms with Crippen LogP contribution in [0.25, 0.3) is 0 Å². The Labute approximate surface area is 127 Å². The first kappa shape index (κ1) is 15.7. The van der Waals surface area contributed by atoms with Crippen molar-refractivity contribution in [1.29, 1.82) is 0 Å². The van der Waals surface area contributed by atoms with Crippen LogP contribution in [0.15, 0.2) is 34.6 Å². The maximum absolute atomic E-state index is 12.1. The minimum Gasteiger partial charge on any atom is -0.490 e. The van der Waals surface area contributed by atoms with E-state index in [1.165, 1.54) is 35.4 Å². The van der Waals surface area contributed by atoms with Crippen molar-refractivity contribution in [3.05, 3.63) is 29.7 Å². The van der Waals surface area contributed by atoms with Crippen molar-refractivity contribution in [2.24, 2.45) is 0 Å². The fraction of sp³-hybridized carbons (Fsp3) is 0.308. The normalized spacial score (nSPS) is 14.7. The van der Waals surface area contributed by atoms with Crippen LogP contribution in [0.5, 0.6) is 11.5 Å². The highest BCUT2D eigenvalue weighted by molar-refractivity contribution is 8.01. The summed E-state index contributed by atoms with van der Waals surface area (Å²) in [4.78, 5) is 11.4. The van der Waals surface area contributed by atoms with E-state index in [1.54, 1.807) is 6.26 Å². The topological polar surface area (TPSA) is 81.7 Å². The number of hydrogen-bond donors (Lipinski definition) is 1. The van der Waals surface area contributed by atoms with Gasteiger partial charge in [0, 0.05) is 18.6 Å². The van der Waals surface area contributed by atoms with Crippen LogP contribution in [0.3, 0.4) is 0 Å². The lowest BCUT2D eigenvalue weighted by atomic mass is 10.3. The molecule has 1 heterocycles. The summed E-state index contributed by atoms with van der Waals surface area (Å²) < 4.78 is 37.0. The second kappa shape index (κ2) is 6.86. The molecular formula is C13H15NO5S2. The van der Waals surface area contributed by atoms with Gasteiger partial charge < -0.3 is 9.47 Å². The van der Waals surface area contributed by atoms with Crippen LogP contribution in [0.4, 0.5) is 0 Å². The van der Waals surface area contributed by atoms with E-state index < -0.39 is 15.9 Å². The van der Waals surface area contributed by atoms with Crippen molar-refractivity contribution >= 4 is 27.7 Å². The number of amides is 1. The number of carbonyl (C=O) groups is 1. The van der Waals surface area contributed by atoms with Crippen molar-refractivity contribution in [3.63, 3.8) is 0 Å². The molecule has 0 atom stereocenters. The molecule has 114 valence electrons. The lowest BCUT2D eigenvalue weighted by Gasteiger charge is -2.10. The van der Waals surface area contributed by atoms with Crippen molar-refractivity contribution in [2.45, 2.75) is 11.3 Å². The molecule has 0 bridgehead atoms. The number of nitrogens with one attached hydrogen (secondary N) is 1. The number of thioether (sulfide) groups is 1. The zero-order valence-corrected chi connectivity index (χ0v) is 13.0. The molecule has 8 heteroatoms. The van der Waals surface area contributed by atoms with Gasteiger partial charge in [-0.2, -0.15) is 0 Å². The Hall–Kier alpha value is -1.67. The Balaban J connectivity index is 2.22. The molecule has 6 nitrogen and oxygen atoms in total. The molecule has 1 aliphatic heterocycles. The van der Waals surface area contributed by atoms with Gasteiger partial charge in [-0.3, -0.25) is 4.79 Å². The predicted octanol–water partition coefficient (Wildman–Crippen LogP) is 1.53. The molecule has 1 aliphatic rings. The molecule has 0 spiro atoms. The lowest BCUT2D eigenvalue weighted by molar-refractivity contribution is -0.114. The molecular weight excluding hydrogens is 314 g/mol. The molecule has 1 aromatic carbocycles. The van der Waals surface area contributed by atoms with E-state index in [-0.39, 0.29) is 4.90 Å².